The van der Waals surface area contributed by atoms with E-state index in [2.05, 4.69) is 10.0 Å². The third-order valence-corrected chi connectivity index (χ3v) is 8.20. The van der Waals surface area contributed by atoms with E-state index in [1.54, 1.807) is 35.2 Å². The average molecular weight is 490 g/mol. The van der Waals surface area contributed by atoms with Crippen LogP contribution in [-0.2, 0) is 19.6 Å². The van der Waals surface area contributed by atoms with Crippen LogP contribution in [0.25, 0.3) is 0 Å². The summed E-state index contributed by atoms with van der Waals surface area (Å²) in [4.78, 5) is 28.1. The molecule has 1 saturated heterocycles. The minimum absolute atomic E-state index is 0.00532. The first kappa shape index (κ1) is 23.4. The number of amides is 2. The fourth-order valence-electron chi connectivity index (χ4n) is 3.91. The van der Waals surface area contributed by atoms with Crippen LogP contribution in [0.2, 0.25) is 0 Å². The second-order valence-corrected chi connectivity index (χ2v) is 10.7. The summed E-state index contributed by atoms with van der Waals surface area (Å²) in [5.74, 6) is -0.179. The number of sulfonamides is 1. The second kappa shape index (κ2) is 10.0. The van der Waals surface area contributed by atoms with Gasteiger partial charge in [0.1, 0.15) is 5.75 Å². The quantitative estimate of drug-likeness (QED) is 0.600. The molecule has 2 amide bonds. The Morgan fingerprint density at radius 2 is 1.88 bits per heavy atom. The van der Waals surface area contributed by atoms with Crippen molar-refractivity contribution in [1.82, 2.24) is 4.90 Å². The number of hydrogen-bond acceptors (Lipinski definition) is 6. The van der Waals surface area contributed by atoms with Gasteiger partial charge in [0.15, 0.2) is 5.25 Å². The van der Waals surface area contributed by atoms with E-state index in [0.29, 0.717) is 41.7 Å². The van der Waals surface area contributed by atoms with Gasteiger partial charge in [-0.05, 0) is 50.1 Å². The molecule has 2 aliphatic heterocycles. The lowest BCUT2D eigenvalue weighted by molar-refractivity contribution is -0.133. The van der Waals surface area contributed by atoms with Crippen molar-refractivity contribution >= 4 is 45.0 Å². The summed E-state index contributed by atoms with van der Waals surface area (Å²) in [6.07, 6.45) is 4.08. The minimum atomic E-state index is -3.92. The van der Waals surface area contributed by atoms with E-state index in [4.69, 9.17) is 4.74 Å². The van der Waals surface area contributed by atoms with Gasteiger partial charge in [-0.1, -0.05) is 25.0 Å². The number of likely N-dealkylation sites (tertiary alicyclic amines) is 1. The summed E-state index contributed by atoms with van der Waals surface area (Å²) >= 11 is 1.17. The van der Waals surface area contributed by atoms with Crippen LogP contribution >= 0.6 is 11.8 Å². The van der Waals surface area contributed by atoms with Crippen LogP contribution in [0.4, 0.5) is 11.4 Å². The first-order valence-electron chi connectivity index (χ1n) is 11.0. The topological polar surface area (TPSA) is 105 Å². The minimum Gasteiger partial charge on any atom is -0.492 e. The number of anilines is 2. The lowest BCUT2D eigenvalue weighted by Crippen LogP contribution is -2.45. The van der Waals surface area contributed by atoms with E-state index in [-0.39, 0.29) is 10.8 Å². The Hall–Kier alpha value is -2.72. The molecule has 2 N–H and O–H groups in total. The summed E-state index contributed by atoms with van der Waals surface area (Å²) in [6.45, 7) is 3.56. The summed E-state index contributed by atoms with van der Waals surface area (Å²) in [5.41, 5.74) is 0.712. The summed E-state index contributed by atoms with van der Waals surface area (Å²) < 4.78 is 34.0. The molecule has 0 radical (unpaired) electrons. The molecule has 4 rings (SSSR count). The van der Waals surface area contributed by atoms with Crippen molar-refractivity contribution in [2.24, 2.45) is 0 Å². The van der Waals surface area contributed by atoms with E-state index >= 15 is 0 Å². The van der Waals surface area contributed by atoms with Crippen molar-refractivity contribution < 1.29 is 22.7 Å². The van der Waals surface area contributed by atoms with Crippen molar-refractivity contribution in [2.75, 3.05) is 29.7 Å². The molecule has 8 nitrogen and oxygen atoms in total. The maximum absolute atomic E-state index is 13.0. The van der Waals surface area contributed by atoms with Gasteiger partial charge in [0.25, 0.3) is 10.0 Å². The van der Waals surface area contributed by atoms with E-state index in [0.717, 1.165) is 25.7 Å². The molecule has 1 fully saturated rings. The molecule has 0 saturated carbocycles. The molecule has 33 heavy (non-hydrogen) atoms. The third kappa shape index (κ3) is 5.27. The van der Waals surface area contributed by atoms with E-state index in [1.165, 1.54) is 23.9 Å². The van der Waals surface area contributed by atoms with Crippen molar-refractivity contribution in [3.63, 3.8) is 0 Å². The van der Waals surface area contributed by atoms with Crippen molar-refractivity contribution in [2.45, 2.75) is 47.6 Å². The largest absolute Gasteiger partial charge is 0.492 e. The predicted octanol–water partition coefficient (Wildman–Crippen LogP) is 3.70. The number of benzene rings is 2. The van der Waals surface area contributed by atoms with E-state index in [1.807, 2.05) is 6.92 Å². The smallest absolute Gasteiger partial charge is 0.262 e. The molecule has 0 unspecified atom stereocenters. The number of para-hydroxylation sites is 2. The SMILES string of the molecule is CCOc1ccccc1NS(=O)(=O)c1ccc2c(c1)NC(=O)[C@@H](C(=O)N1CCCCCC1)S2. The third-order valence-electron chi connectivity index (χ3n) is 5.58. The van der Waals surface area contributed by atoms with Crippen LogP contribution in [0.15, 0.2) is 52.3 Å². The molecule has 1 atom stereocenters. The van der Waals surface area contributed by atoms with Crippen LogP contribution in [0.5, 0.6) is 5.75 Å². The second-order valence-electron chi connectivity index (χ2n) is 7.92. The number of rotatable bonds is 6. The normalized spacial score (nSPS) is 18.6. The van der Waals surface area contributed by atoms with Gasteiger partial charge in [0.05, 0.1) is 22.9 Å². The van der Waals surface area contributed by atoms with Gasteiger partial charge in [-0.25, -0.2) is 8.42 Å². The van der Waals surface area contributed by atoms with E-state index in [9.17, 15) is 18.0 Å². The van der Waals surface area contributed by atoms with Crippen LogP contribution < -0.4 is 14.8 Å². The molecular weight excluding hydrogens is 462 g/mol. The lowest BCUT2D eigenvalue weighted by Gasteiger charge is -2.28. The zero-order valence-electron chi connectivity index (χ0n) is 18.4. The van der Waals surface area contributed by atoms with Crippen LogP contribution in [0, 0.1) is 0 Å². The molecule has 0 aliphatic carbocycles. The highest BCUT2D eigenvalue weighted by Gasteiger charge is 2.36. The maximum atomic E-state index is 13.0. The van der Waals surface area contributed by atoms with Crippen LogP contribution in [-0.4, -0.2) is 50.1 Å². The molecule has 2 aromatic carbocycles. The Balaban J connectivity index is 1.53. The van der Waals surface area contributed by atoms with Gasteiger partial charge < -0.3 is 15.0 Å². The molecule has 0 bridgehead atoms. The molecule has 0 aromatic heterocycles. The standard InChI is InChI=1S/C23H27N3O5S2/c1-2-31-19-10-6-5-9-17(19)25-33(29,30)16-11-12-20-18(15-16)24-22(27)21(32-20)23(28)26-13-7-3-4-8-14-26/h5-6,9-12,15,21,25H,2-4,7-8,13-14H2,1H3,(H,24,27)/t21-/m0/s1. The highest BCUT2D eigenvalue weighted by Crippen LogP contribution is 2.38. The fourth-order valence-corrected chi connectivity index (χ4v) is 6.06. The molecular formula is C23H27N3O5S2. The Kier molecular flexibility index (Phi) is 7.14. The van der Waals surface area contributed by atoms with Crippen molar-refractivity contribution in [3.8, 4) is 5.75 Å². The number of nitrogens with one attached hydrogen (secondary N) is 2. The molecule has 0 spiro atoms. The van der Waals surface area contributed by atoms with Crippen LogP contribution in [0.3, 0.4) is 0 Å². The van der Waals surface area contributed by atoms with Gasteiger partial charge >= 0.3 is 0 Å². The average Bonchev–Trinajstić information content (AvgIpc) is 3.09. The summed E-state index contributed by atoms with van der Waals surface area (Å²) in [6, 6.07) is 11.3. The zero-order chi connectivity index (χ0) is 23.4. The maximum Gasteiger partial charge on any atom is 0.262 e. The number of carbonyl (C=O) groups is 2. The number of nitrogens with zero attached hydrogens (tertiary/aromatic N) is 1. The van der Waals surface area contributed by atoms with Crippen LogP contribution in [0.1, 0.15) is 32.6 Å². The van der Waals surface area contributed by atoms with E-state index < -0.39 is 21.2 Å². The lowest BCUT2D eigenvalue weighted by atomic mass is 10.2. The Morgan fingerprint density at radius 1 is 1.15 bits per heavy atom. The van der Waals surface area contributed by atoms with Gasteiger partial charge in [-0.3, -0.25) is 14.3 Å². The Morgan fingerprint density at radius 3 is 2.61 bits per heavy atom. The van der Waals surface area contributed by atoms with Gasteiger partial charge in [0.2, 0.25) is 11.8 Å². The molecule has 176 valence electrons. The molecule has 10 heteroatoms. The van der Waals surface area contributed by atoms with Crippen molar-refractivity contribution in [1.29, 1.82) is 0 Å². The first-order valence-corrected chi connectivity index (χ1v) is 13.4. The monoisotopic (exact) mass is 489 g/mol. The first-order chi connectivity index (χ1) is 15.9. The highest BCUT2D eigenvalue weighted by atomic mass is 32.2. The summed E-state index contributed by atoms with van der Waals surface area (Å²) in [7, 11) is -3.92. The van der Waals surface area contributed by atoms with Gasteiger partial charge in [-0.2, -0.15) is 0 Å². The van der Waals surface area contributed by atoms with Crippen molar-refractivity contribution in [3.05, 3.63) is 42.5 Å². The summed E-state index contributed by atoms with van der Waals surface area (Å²) in [5, 5.41) is 1.86. The number of carbonyl (C=O) groups excluding carboxylic acids is 2. The Labute approximate surface area is 198 Å². The molecule has 2 heterocycles. The number of fused-ring (bicyclic) bond motifs is 1. The zero-order valence-corrected chi connectivity index (χ0v) is 20.0. The fraction of sp³-hybridized carbons (Fsp3) is 0.391. The van der Waals surface area contributed by atoms with Gasteiger partial charge in [-0.15, -0.1) is 11.8 Å². The number of ether oxygens (including phenoxy) is 1. The molecule has 2 aliphatic rings. The van der Waals surface area contributed by atoms with Gasteiger partial charge in [0, 0.05) is 18.0 Å². The number of hydrogen-bond donors (Lipinski definition) is 2. The predicted molar refractivity (Wildman–Crippen MR) is 128 cm³/mol. The molecule has 2 aromatic rings. The highest BCUT2D eigenvalue weighted by molar-refractivity contribution is 8.01. The number of thioether (sulfide) groups is 1. The Bertz CT molecular complexity index is 1140.